The molecule has 1 unspecified atom stereocenters. The molecule has 0 bridgehead atoms. The maximum absolute atomic E-state index is 12.7. The molecule has 2 aromatic carbocycles. The van der Waals surface area contributed by atoms with Crippen LogP contribution in [0.25, 0.3) is 0 Å². The van der Waals surface area contributed by atoms with Gasteiger partial charge in [-0.1, -0.05) is 60.7 Å². The van der Waals surface area contributed by atoms with Crippen LogP contribution in [0.5, 0.6) is 0 Å². The molecule has 30 heavy (non-hydrogen) atoms. The Hall–Kier alpha value is -3.15. The molecule has 2 aromatic rings. The van der Waals surface area contributed by atoms with E-state index in [-0.39, 0.29) is 17.7 Å². The number of nitrogens with one attached hydrogen (secondary N) is 1. The smallest absolute Gasteiger partial charge is 0.240 e. The molecule has 1 heterocycles. The number of aryl methyl sites for hydroxylation is 1. The van der Waals surface area contributed by atoms with Gasteiger partial charge >= 0.3 is 0 Å². The van der Waals surface area contributed by atoms with E-state index in [0.29, 0.717) is 38.8 Å². The van der Waals surface area contributed by atoms with E-state index in [0.717, 1.165) is 17.5 Å². The number of rotatable bonds is 8. The summed E-state index contributed by atoms with van der Waals surface area (Å²) in [7, 11) is 0. The van der Waals surface area contributed by atoms with Crippen molar-refractivity contribution in [2.45, 2.75) is 38.1 Å². The van der Waals surface area contributed by atoms with Gasteiger partial charge in [0, 0.05) is 31.8 Å². The molecule has 1 saturated heterocycles. The third-order valence-electron chi connectivity index (χ3n) is 5.63. The van der Waals surface area contributed by atoms with Gasteiger partial charge in [-0.15, -0.1) is 0 Å². The van der Waals surface area contributed by atoms with E-state index in [1.165, 1.54) is 0 Å². The third-order valence-corrected chi connectivity index (χ3v) is 5.63. The van der Waals surface area contributed by atoms with Gasteiger partial charge in [0.25, 0.3) is 0 Å². The molecule has 1 atom stereocenters. The van der Waals surface area contributed by atoms with Crippen molar-refractivity contribution in [3.8, 4) is 0 Å². The summed E-state index contributed by atoms with van der Waals surface area (Å²) in [5, 5.41) is 2.81. The average Bonchev–Trinajstić information content (AvgIpc) is 2.78. The lowest BCUT2D eigenvalue weighted by molar-refractivity contribution is -0.136. The van der Waals surface area contributed by atoms with E-state index in [9.17, 15) is 14.4 Å². The molecule has 0 spiro atoms. The Bertz CT molecular complexity index is 847. The summed E-state index contributed by atoms with van der Waals surface area (Å²) in [6.45, 7) is 1.12. The van der Waals surface area contributed by atoms with Gasteiger partial charge in [0.15, 0.2) is 0 Å². The quantitative estimate of drug-likeness (QED) is 0.702. The zero-order valence-electron chi connectivity index (χ0n) is 17.1. The number of piperidine rings is 1. The first-order chi connectivity index (χ1) is 14.5. The molecule has 0 saturated carbocycles. The van der Waals surface area contributed by atoms with E-state index < -0.39 is 11.9 Å². The fourth-order valence-corrected chi connectivity index (χ4v) is 3.81. The summed E-state index contributed by atoms with van der Waals surface area (Å²) in [5.41, 5.74) is 7.59. The first kappa shape index (κ1) is 21.6. The van der Waals surface area contributed by atoms with E-state index in [1.54, 1.807) is 0 Å². The predicted octanol–water partition coefficient (Wildman–Crippen LogP) is 2.07. The minimum Gasteiger partial charge on any atom is -0.368 e. The van der Waals surface area contributed by atoms with Gasteiger partial charge in [0.05, 0.1) is 0 Å². The number of amides is 3. The zero-order chi connectivity index (χ0) is 21.3. The summed E-state index contributed by atoms with van der Waals surface area (Å²) in [4.78, 5) is 38.8. The second-order valence-electron chi connectivity index (χ2n) is 7.79. The lowest BCUT2D eigenvalue weighted by Gasteiger charge is -2.32. The standard InChI is InChI=1S/C24H29N3O3/c25-23(29)21(17-19-9-5-2-6-10-19)26-24(30)20-13-15-27(16-14-20)22(28)12-11-18-7-3-1-4-8-18/h1-10,20-21H,11-17H2,(H2,25,29)(H,26,30). The highest BCUT2D eigenvalue weighted by atomic mass is 16.2. The maximum atomic E-state index is 12.7. The molecule has 158 valence electrons. The first-order valence-corrected chi connectivity index (χ1v) is 10.5. The van der Waals surface area contributed by atoms with Gasteiger partial charge in [-0.2, -0.15) is 0 Å². The van der Waals surface area contributed by atoms with Crippen LogP contribution in [-0.4, -0.2) is 41.8 Å². The highest BCUT2D eigenvalue weighted by molar-refractivity contribution is 5.88. The summed E-state index contributed by atoms with van der Waals surface area (Å²) in [5.74, 6) is -0.788. The number of carbonyl (C=O) groups is 3. The number of likely N-dealkylation sites (tertiary alicyclic amines) is 1. The van der Waals surface area contributed by atoms with E-state index in [1.807, 2.05) is 65.6 Å². The number of benzene rings is 2. The highest BCUT2D eigenvalue weighted by Crippen LogP contribution is 2.19. The number of nitrogens with two attached hydrogens (primary N) is 1. The molecule has 3 amide bonds. The summed E-state index contributed by atoms with van der Waals surface area (Å²) >= 11 is 0. The Balaban J connectivity index is 1.45. The normalized spacial score (nSPS) is 15.4. The van der Waals surface area contributed by atoms with Crippen molar-refractivity contribution in [2.24, 2.45) is 11.7 Å². The van der Waals surface area contributed by atoms with Crippen LogP contribution in [0.2, 0.25) is 0 Å². The Morgan fingerprint density at radius 3 is 2.07 bits per heavy atom. The molecular weight excluding hydrogens is 378 g/mol. The van der Waals surface area contributed by atoms with Crippen molar-refractivity contribution in [3.05, 3.63) is 71.8 Å². The van der Waals surface area contributed by atoms with Crippen molar-refractivity contribution in [1.82, 2.24) is 10.2 Å². The van der Waals surface area contributed by atoms with Crippen LogP contribution in [0.3, 0.4) is 0 Å². The fourth-order valence-electron chi connectivity index (χ4n) is 3.81. The number of primary amides is 1. The van der Waals surface area contributed by atoms with Gasteiger partial charge in [0.1, 0.15) is 6.04 Å². The van der Waals surface area contributed by atoms with Crippen LogP contribution in [0, 0.1) is 5.92 Å². The fraction of sp³-hybridized carbons (Fsp3) is 0.375. The van der Waals surface area contributed by atoms with Crippen LogP contribution < -0.4 is 11.1 Å². The third kappa shape index (κ3) is 6.17. The minimum atomic E-state index is -0.731. The van der Waals surface area contributed by atoms with Gasteiger partial charge in [-0.05, 0) is 30.4 Å². The lowest BCUT2D eigenvalue weighted by Crippen LogP contribution is -2.50. The van der Waals surface area contributed by atoms with Crippen LogP contribution >= 0.6 is 0 Å². The van der Waals surface area contributed by atoms with Crippen molar-refractivity contribution < 1.29 is 14.4 Å². The topological polar surface area (TPSA) is 92.5 Å². The lowest BCUT2D eigenvalue weighted by atomic mass is 9.94. The SMILES string of the molecule is NC(=O)C(Cc1ccccc1)NC(=O)C1CCN(C(=O)CCc2ccccc2)CC1. The predicted molar refractivity (Wildman–Crippen MR) is 115 cm³/mol. The Morgan fingerprint density at radius 2 is 1.50 bits per heavy atom. The number of carbonyl (C=O) groups excluding carboxylic acids is 3. The summed E-state index contributed by atoms with van der Waals surface area (Å²) in [6.07, 6.45) is 2.76. The molecular formula is C24H29N3O3. The van der Waals surface area contributed by atoms with Crippen molar-refractivity contribution in [2.75, 3.05) is 13.1 Å². The van der Waals surface area contributed by atoms with Gasteiger partial charge < -0.3 is 16.0 Å². The molecule has 3 rings (SSSR count). The van der Waals surface area contributed by atoms with E-state index in [4.69, 9.17) is 5.73 Å². The molecule has 1 aliphatic heterocycles. The van der Waals surface area contributed by atoms with E-state index in [2.05, 4.69) is 5.32 Å². The second-order valence-corrected chi connectivity index (χ2v) is 7.79. The summed E-state index contributed by atoms with van der Waals surface area (Å²) < 4.78 is 0. The van der Waals surface area contributed by atoms with Gasteiger partial charge in [-0.25, -0.2) is 0 Å². The van der Waals surface area contributed by atoms with Gasteiger partial charge in [-0.3, -0.25) is 14.4 Å². The first-order valence-electron chi connectivity index (χ1n) is 10.5. The Morgan fingerprint density at radius 1 is 0.933 bits per heavy atom. The Kier molecular flexibility index (Phi) is 7.60. The molecule has 6 nitrogen and oxygen atoms in total. The molecule has 6 heteroatoms. The minimum absolute atomic E-state index is 0.122. The molecule has 1 aliphatic rings. The average molecular weight is 408 g/mol. The Labute approximate surface area is 177 Å². The molecule has 0 aromatic heterocycles. The van der Waals surface area contributed by atoms with Crippen molar-refractivity contribution in [1.29, 1.82) is 0 Å². The molecule has 0 radical (unpaired) electrons. The number of nitrogens with zero attached hydrogens (tertiary/aromatic N) is 1. The zero-order valence-corrected chi connectivity index (χ0v) is 17.1. The van der Waals surface area contributed by atoms with Crippen molar-refractivity contribution >= 4 is 17.7 Å². The monoisotopic (exact) mass is 407 g/mol. The number of hydrogen-bond acceptors (Lipinski definition) is 3. The molecule has 1 fully saturated rings. The van der Waals surface area contributed by atoms with Crippen LogP contribution in [0.4, 0.5) is 0 Å². The summed E-state index contributed by atoms with van der Waals surface area (Å²) in [6, 6.07) is 18.7. The number of hydrogen-bond donors (Lipinski definition) is 2. The van der Waals surface area contributed by atoms with Crippen LogP contribution in [0.1, 0.15) is 30.4 Å². The van der Waals surface area contributed by atoms with Crippen LogP contribution in [0.15, 0.2) is 60.7 Å². The van der Waals surface area contributed by atoms with E-state index >= 15 is 0 Å². The maximum Gasteiger partial charge on any atom is 0.240 e. The second kappa shape index (κ2) is 10.6. The van der Waals surface area contributed by atoms with Gasteiger partial charge in [0.2, 0.25) is 17.7 Å². The highest BCUT2D eigenvalue weighted by Gasteiger charge is 2.29. The largest absolute Gasteiger partial charge is 0.368 e. The molecule has 0 aliphatic carbocycles. The van der Waals surface area contributed by atoms with Crippen LogP contribution in [-0.2, 0) is 27.2 Å². The van der Waals surface area contributed by atoms with Crippen molar-refractivity contribution in [3.63, 3.8) is 0 Å². The molecule has 3 N–H and O–H groups in total.